The molecular formula is C16H22N2O5S2. The van der Waals surface area contributed by atoms with Crippen molar-refractivity contribution < 1.29 is 23.0 Å². The number of sulfonamides is 1. The highest BCUT2D eigenvalue weighted by Gasteiger charge is 2.15. The lowest BCUT2D eigenvalue weighted by Gasteiger charge is -2.12. The van der Waals surface area contributed by atoms with Gasteiger partial charge in [-0.05, 0) is 32.0 Å². The first-order valence-electron chi connectivity index (χ1n) is 7.62. The normalized spacial score (nSPS) is 12.8. The lowest BCUT2D eigenvalue weighted by molar-refractivity contribution is 0.194. The number of aromatic nitrogens is 1. The zero-order valence-corrected chi connectivity index (χ0v) is 16.2. The molecule has 1 aromatic carbocycles. The fourth-order valence-corrected chi connectivity index (χ4v) is 3.68. The average molecular weight is 386 g/mol. The number of nitrogens with zero attached hydrogens (tertiary/aromatic N) is 1. The Labute approximate surface area is 151 Å². The van der Waals surface area contributed by atoms with Crippen LogP contribution in [0, 0.1) is 6.92 Å². The lowest BCUT2D eigenvalue weighted by Crippen LogP contribution is -2.26. The maximum absolute atomic E-state index is 11.1. The second-order valence-electron chi connectivity index (χ2n) is 5.52. The number of hydrogen-bond donors (Lipinski definition) is 2. The van der Waals surface area contributed by atoms with Crippen molar-refractivity contribution in [1.29, 1.82) is 0 Å². The summed E-state index contributed by atoms with van der Waals surface area (Å²) in [7, 11) is -1.71. The zero-order valence-electron chi connectivity index (χ0n) is 14.6. The van der Waals surface area contributed by atoms with Gasteiger partial charge in [0.1, 0.15) is 11.6 Å². The first-order valence-corrected chi connectivity index (χ1v) is 10.3. The largest absolute Gasteiger partial charge is 0.493 e. The fourth-order valence-electron chi connectivity index (χ4n) is 2.23. The van der Waals surface area contributed by atoms with Crippen LogP contribution in [0.25, 0.3) is 10.6 Å². The number of aryl methyl sites for hydroxylation is 1. The molecule has 2 N–H and O–H groups in total. The van der Waals surface area contributed by atoms with Crippen LogP contribution in [-0.4, -0.2) is 45.0 Å². The van der Waals surface area contributed by atoms with E-state index in [4.69, 9.17) is 9.47 Å². The van der Waals surface area contributed by atoms with E-state index in [1.807, 2.05) is 13.0 Å². The summed E-state index contributed by atoms with van der Waals surface area (Å²) in [6.45, 7) is 3.93. The van der Waals surface area contributed by atoms with E-state index in [2.05, 4.69) is 9.71 Å². The second kappa shape index (κ2) is 8.13. The summed E-state index contributed by atoms with van der Waals surface area (Å²) in [4.78, 5) is 5.44. The third kappa shape index (κ3) is 5.40. The molecule has 0 amide bonds. The number of methoxy groups -OCH3 is 1. The Morgan fingerprint density at radius 2 is 2.08 bits per heavy atom. The van der Waals surface area contributed by atoms with Crippen molar-refractivity contribution in [2.45, 2.75) is 20.0 Å². The van der Waals surface area contributed by atoms with E-state index in [0.717, 1.165) is 21.7 Å². The number of ether oxygens (including phenoxy) is 2. The quantitative estimate of drug-likeness (QED) is 0.675. The van der Waals surface area contributed by atoms with Gasteiger partial charge in [-0.1, -0.05) is 0 Å². The van der Waals surface area contributed by atoms with Crippen molar-refractivity contribution in [3.63, 3.8) is 0 Å². The van der Waals surface area contributed by atoms with Crippen molar-refractivity contribution in [3.05, 3.63) is 28.8 Å². The molecule has 7 nitrogen and oxygen atoms in total. The summed E-state index contributed by atoms with van der Waals surface area (Å²) in [6.07, 6.45) is 0.472. The van der Waals surface area contributed by atoms with Crippen LogP contribution < -0.4 is 14.2 Å². The summed E-state index contributed by atoms with van der Waals surface area (Å²) in [6, 6.07) is 5.43. The molecule has 0 aliphatic heterocycles. The molecule has 0 saturated heterocycles. The lowest BCUT2D eigenvalue weighted by atomic mass is 10.2. The third-order valence-corrected chi connectivity index (χ3v) is 5.13. The summed E-state index contributed by atoms with van der Waals surface area (Å²) in [5.74, 6) is 1.05. The van der Waals surface area contributed by atoms with Crippen LogP contribution in [0.15, 0.2) is 18.2 Å². The molecule has 138 valence electrons. The van der Waals surface area contributed by atoms with E-state index in [1.54, 1.807) is 19.1 Å². The Morgan fingerprint density at radius 3 is 2.64 bits per heavy atom. The summed E-state index contributed by atoms with van der Waals surface area (Å²) >= 11 is 1.49. The summed E-state index contributed by atoms with van der Waals surface area (Å²) < 4.78 is 35.4. The van der Waals surface area contributed by atoms with Crippen LogP contribution in [0.4, 0.5) is 0 Å². The van der Waals surface area contributed by atoms with Gasteiger partial charge in [-0.25, -0.2) is 18.1 Å². The monoisotopic (exact) mass is 386 g/mol. The minimum Gasteiger partial charge on any atom is -0.493 e. The maximum atomic E-state index is 11.1. The van der Waals surface area contributed by atoms with Gasteiger partial charge in [-0.3, -0.25) is 0 Å². The average Bonchev–Trinajstić information content (AvgIpc) is 2.92. The Kier molecular flexibility index (Phi) is 6.39. The number of benzene rings is 1. The van der Waals surface area contributed by atoms with Gasteiger partial charge >= 0.3 is 0 Å². The van der Waals surface area contributed by atoms with E-state index < -0.39 is 16.1 Å². The van der Waals surface area contributed by atoms with E-state index in [-0.39, 0.29) is 13.2 Å². The standard InChI is InChI=1S/C16H22N2O5S2/c1-10(19)15-11(2)24-16(18-15)12-5-6-13(22-3)14(9-12)23-8-7-17-25(4,20)21/h5-6,9-10,17,19H,7-8H2,1-4H3/t10-/m0/s1. The minimum absolute atomic E-state index is 0.161. The molecule has 0 unspecified atom stereocenters. The van der Waals surface area contributed by atoms with Crippen LogP contribution in [0.2, 0.25) is 0 Å². The molecule has 2 rings (SSSR count). The number of nitrogens with one attached hydrogen (secondary N) is 1. The minimum atomic E-state index is -3.25. The highest BCUT2D eigenvalue weighted by Crippen LogP contribution is 2.36. The molecule has 0 saturated carbocycles. The van der Waals surface area contributed by atoms with Gasteiger partial charge in [-0.15, -0.1) is 11.3 Å². The van der Waals surface area contributed by atoms with Gasteiger partial charge in [-0.2, -0.15) is 0 Å². The van der Waals surface area contributed by atoms with Crippen molar-refractivity contribution in [2.24, 2.45) is 0 Å². The predicted octanol–water partition coefficient (Wildman–Crippen LogP) is 2.11. The van der Waals surface area contributed by atoms with Crippen molar-refractivity contribution in [3.8, 4) is 22.1 Å². The summed E-state index contributed by atoms with van der Waals surface area (Å²) in [5.41, 5.74) is 1.50. The molecule has 0 bridgehead atoms. The molecule has 1 atom stereocenters. The molecule has 0 aliphatic carbocycles. The Morgan fingerprint density at radius 1 is 1.36 bits per heavy atom. The van der Waals surface area contributed by atoms with Gasteiger partial charge < -0.3 is 14.6 Å². The van der Waals surface area contributed by atoms with Crippen LogP contribution in [-0.2, 0) is 10.0 Å². The van der Waals surface area contributed by atoms with Gasteiger partial charge in [0.2, 0.25) is 10.0 Å². The Bertz CT molecular complexity index is 831. The van der Waals surface area contributed by atoms with Gasteiger partial charge in [0.15, 0.2) is 11.5 Å². The zero-order chi connectivity index (χ0) is 18.6. The van der Waals surface area contributed by atoms with Crippen molar-refractivity contribution >= 4 is 21.4 Å². The fraction of sp³-hybridized carbons (Fsp3) is 0.438. The SMILES string of the molecule is COc1ccc(-c2nc([C@H](C)O)c(C)s2)cc1OCCNS(C)(=O)=O. The molecule has 1 aromatic heterocycles. The smallest absolute Gasteiger partial charge is 0.208 e. The van der Waals surface area contributed by atoms with E-state index in [1.165, 1.54) is 18.4 Å². The van der Waals surface area contributed by atoms with Gasteiger partial charge in [0.25, 0.3) is 0 Å². The molecule has 0 radical (unpaired) electrons. The van der Waals surface area contributed by atoms with Crippen LogP contribution in [0.1, 0.15) is 23.6 Å². The molecule has 0 aliphatic rings. The van der Waals surface area contributed by atoms with Crippen LogP contribution in [0.5, 0.6) is 11.5 Å². The Hall–Kier alpha value is -1.68. The van der Waals surface area contributed by atoms with E-state index in [0.29, 0.717) is 17.2 Å². The number of aliphatic hydroxyl groups excluding tert-OH is 1. The molecule has 0 spiro atoms. The van der Waals surface area contributed by atoms with Crippen molar-refractivity contribution in [1.82, 2.24) is 9.71 Å². The number of rotatable bonds is 8. The molecular weight excluding hydrogens is 364 g/mol. The number of aliphatic hydroxyl groups is 1. The molecule has 1 heterocycles. The first-order chi connectivity index (χ1) is 11.7. The van der Waals surface area contributed by atoms with Crippen LogP contribution in [0.3, 0.4) is 0 Å². The second-order valence-corrected chi connectivity index (χ2v) is 8.55. The van der Waals surface area contributed by atoms with E-state index in [9.17, 15) is 13.5 Å². The first kappa shape index (κ1) is 19.6. The van der Waals surface area contributed by atoms with Gasteiger partial charge in [0, 0.05) is 17.0 Å². The predicted molar refractivity (Wildman–Crippen MR) is 97.8 cm³/mol. The third-order valence-electron chi connectivity index (χ3n) is 3.36. The maximum Gasteiger partial charge on any atom is 0.208 e. The molecule has 25 heavy (non-hydrogen) atoms. The number of thiazole rings is 1. The topological polar surface area (TPSA) is 97.8 Å². The highest BCUT2D eigenvalue weighted by molar-refractivity contribution is 7.88. The number of hydrogen-bond acceptors (Lipinski definition) is 7. The summed E-state index contributed by atoms with van der Waals surface area (Å²) in [5, 5.41) is 10.5. The molecule has 2 aromatic rings. The molecule has 0 fully saturated rings. The van der Waals surface area contributed by atoms with Gasteiger partial charge in [0.05, 0.1) is 25.2 Å². The van der Waals surface area contributed by atoms with E-state index >= 15 is 0 Å². The van der Waals surface area contributed by atoms with Crippen LogP contribution >= 0.6 is 11.3 Å². The van der Waals surface area contributed by atoms with Crippen molar-refractivity contribution in [2.75, 3.05) is 26.5 Å². The highest BCUT2D eigenvalue weighted by atomic mass is 32.2. The molecule has 9 heteroatoms. The Balaban J connectivity index is 2.20.